The molecule has 0 spiro atoms. The Morgan fingerprint density at radius 1 is 1.32 bits per heavy atom. The summed E-state index contributed by atoms with van der Waals surface area (Å²) in [5.41, 5.74) is 2.37. The van der Waals surface area contributed by atoms with Crippen LogP contribution in [-0.2, 0) is 4.79 Å². The number of aromatic nitrogens is 1. The van der Waals surface area contributed by atoms with Crippen molar-refractivity contribution in [3.05, 3.63) is 16.1 Å². The minimum Gasteiger partial charge on any atom is -0.368 e. The zero-order chi connectivity index (χ0) is 14.3. The highest BCUT2D eigenvalue weighted by atomic mass is 35.5. The van der Waals surface area contributed by atoms with Crippen LogP contribution in [-0.4, -0.2) is 24.0 Å². The second kappa shape index (κ2) is 8.04. The van der Waals surface area contributed by atoms with Crippen molar-refractivity contribution in [2.45, 2.75) is 19.8 Å². The molecule has 19 heavy (non-hydrogen) atoms. The summed E-state index contributed by atoms with van der Waals surface area (Å²) in [5.74, 6) is 6.01. The van der Waals surface area contributed by atoms with E-state index in [-0.39, 0.29) is 5.91 Å². The first-order valence-electron chi connectivity index (χ1n) is 5.91. The summed E-state index contributed by atoms with van der Waals surface area (Å²) in [7, 11) is 0. The number of nitrogens with two attached hydrogens (primary N) is 1. The van der Waals surface area contributed by atoms with E-state index in [2.05, 4.69) is 21.0 Å². The van der Waals surface area contributed by atoms with Crippen molar-refractivity contribution in [2.24, 2.45) is 5.84 Å². The molecule has 0 aliphatic carbocycles. The number of anilines is 2. The molecule has 1 aromatic rings. The number of pyridine rings is 1. The molecule has 1 heterocycles. The van der Waals surface area contributed by atoms with Crippen LogP contribution in [0.3, 0.4) is 0 Å². The van der Waals surface area contributed by atoms with Crippen molar-refractivity contribution in [2.75, 3.05) is 23.8 Å². The van der Waals surface area contributed by atoms with Gasteiger partial charge in [-0.25, -0.2) is 10.8 Å². The molecule has 106 valence electrons. The van der Waals surface area contributed by atoms with E-state index < -0.39 is 0 Å². The number of nitrogens with one attached hydrogen (secondary N) is 3. The van der Waals surface area contributed by atoms with E-state index in [4.69, 9.17) is 29.0 Å². The SMILES string of the molecule is CCCNC(=O)CCNc1nc(NN)c(Cl)cc1Cl. The van der Waals surface area contributed by atoms with Gasteiger partial charge in [-0.2, -0.15) is 0 Å². The Morgan fingerprint density at radius 3 is 2.63 bits per heavy atom. The first-order valence-corrected chi connectivity index (χ1v) is 6.67. The zero-order valence-electron chi connectivity index (χ0n) is 10.6. The van der Waals surface area contributed by atoms with Gasteiger partial charge in [0, 0.05) is 19.5 Å². The highest BCUT2D eigenvalue weighted by molar-refractivity contribution is 6.37. The van der Waals surface area contributed by atoms with Crippen molar-refractivity contribution in [1.82, 2.24) is 10.3 Å². The smallest absolute Gasteiger partial charge is 0.221 e. The Bertz CT molecular complexity index is 441. The second-order valence-electron chi connectivity index (χ2n) is 3.82. The van der Waals surface area contributed by atoms with Crippen molar-refractivity contribution in [1.29, 1.82) is 0 Å². The number of hydrogen-bond donors (Lipinski definition) is 4. The van der Waals surface area contributed by atoms with Crippen molar-refractivity contribution in [3.63, 3.8) is 0 Å². The summed E-state index contributed by atoms with van der Waals surface area (Å²) in [6.45, 7) is 3.10. The van der Waals surface area contributed by atoms with Crippen LogP contribution in [0.1, 0.15) is 19.8 Å². The third-order valence-electron chi connectivity index (χ3n) is 2.28. The van der Waals surface area contributed by atoms with Gasteiger partial charge in [-0.3, -0.25) is 4.79 Å². The number of amides is 1. The molecule has 6 nitrogen and oxygen atoms in total. The van der Waals surface area contributed by atoms with E-state index in [1.165, 1.54) is 6.07 Å². The maximum Gasteiger partial charge on any atom is 0.221 e. The van der Waals surface area contributed by atoms with Crippen LogP contribution < -0.4 is 21.9 Å². The van der Waals surface area contributed by atoms with Gasteiger partial charge in [0.2, 0.25) is 5.91 Å². The van der Waals surface area contributed by atoms with E-state index in [9.17, 15) is 4.79 Å². The van der Waals surface area contributed by atoms with Gasteiger partial charge in [0.05, 0.1) is 10.0 Å². The summed E-state index contributed by atoms with van der Waals surface area (Å²) in [6.07, 6.45) is 1.25. The van der Waals surface area contributed by atoms with Gasteiger partial charge in [0.15, 0.2) is 5.82 Å². The summed E-state index contributed by atoms with van der Waals surface area (Å²) in [6, 6.07) is 1.53. The van der Waals surface area contributed by atoms with E-state index in [0.717, 1.165) is 6.42 Å². The van der Waals surface area contributed by atoms with Crippen molar-refractivity contribution >= 4 is 40.7 Å². The van der Waals surface area contributed by atoms with E-state index in [0.29, 0.717) is 41.2 Å². The van der Waals surface area contributed by atoms with Crippen LogP contribution in [0.4, 0.5) is 11.6 Å². The number of carbonyl (C=O) groups excluding carboxylic acids is 1. The Hall–Kier alpha value is -1.24. The Kier molecular flexibility index (Phi) is 6.69. The highest BCUT2D eigenvalue weighted by Gasteiger charge is 2.08. The number of rotatable bonds is 7. The van der Waals surface area contributed by atoms with Crippen LogP contribution in [0.25, 0.3) is 0 Å². The molecule has 1 rings (SSSR count). The van der Waals surface area contributed by atoms with Gasteiger partial charge in [-0.1, -0.05) is 30.1 Å². The van der Waals surface area contributed by atoms with Gasteiger partial charge < -0.3 is 16.1 Å². The molecule has 0 saturated carbocycles. The Balaban J connectivity index is 2.51. The lowest BCUT2D eigenvalue weighted by atomic mass is 10.3. The first kappa shape index (κ1) is 15.8. The monoisotopic (exact) mass is 305 g/mol. The molecule has 1 aromatic heterocycles. The van der Waals surface area contributed by atoms with Crippen LogP contribution >= 0.6 is 23.2 Å². The minimum atomic E-state index is -0.0170. The fourth-order valence-corrected chi connectivity index (χ4v) is 1.82. The van der Waals surface area contributed by atoms with Gasteiger partial charge in [0.25, 0.3) is 0 Å². The van der Waals surface area contributed by atoms with E-state index in [1.807, 2.05) is 6.92 Å². The molecule has 0 aromatic carbocycles. The van der Waals surface area contributed by atoms with Crippen LogP contribution in [0.2, 0.25) is 10.0 Å². The molecular formula is C11H17Cl2N5O. The minimum absolute atomic E-state index is 0.0170. The molecule has 0 fully saturated rings. The molecule has 5 N–H and O–H groups in total. The number of nitrogen functional groups attached to an aromatic ring is 1. The maximum absolute atomic E-state index is 11.4. The van der Waals surface area contributed by atoms with E-state index in [1.54, 1.807) is 0 Å². The molecular weight excluding hydrogens is 289 g/mol. The molecule has 0 atom stereocenters. The fourth-order valence-electron chi connectivity index (χ4n) is 1.34. The average molecular weight is 306 g/mol. The summed E-state index contributed by atoms with van der Waals surface area (Å²) in [4.78, 5) is 15.5. The standard InChI is InChI=1S/C11H17Cl2N5O/c1-2-4-15-9(19)3-5-16-10-7(12)6-8(13)11(17-10)18-14/h6H,2-5,14H2,1H3,(H,15,19)(H2,16,17,18). The summed E-state index contributed by atoms with van der Waals surface area (Å²) < 4.78 is 0. The largest absolute Gasteiger partial charge is 0.368 e. The lowest BCUT2D eigenvalue weighted by Gasteiger charge is -2.10. The predicted octanol–water partition coefficient (Wildman–Crippen LogP) is 2.00. The fraction of sp³-hybridized carbons (Fsp3) is 0.455. The van der Waals surface area contributed by atoms with Crippen LogP contribution in [0.5, 0.6) is 0 Å². The average Bonchev–Trinajstić information content (AvgIpc) is 2.38. The normalized spacial score (nSPS) is 10.1. The molecule has 1 amide bonds. The number of hydrazine groups is 1. The van der Waals surface area contributed by atoms with Crippen molar-refractivity contribution in [3.8, 4) is 0 Å². The molecule has 0 radical (unpaired) electrons. The third kappa shape index (κ3) is 5.10. The lowest BCUT2D eigenvalue weighted by Crippen LogP contribution is -2.26. The predicted molar refractivity (Wildman–Crippen MR) is 78.5 cm³/mol. The summed E-state index contributed by atoms with van der Waals surface area (Å²) >= 11 is 11.8. The number of hydrogen-bond acceptors (Lipinski definition) is 5. The zero-order valence-corrected chi connectivity index (χ0v) is 12.1. The van der Waals surface area contributed by atoms with Gasteiger partial charge in [0.1, 0.15) is 5.82 Å². The second-order valence-corrected chi connectivity index (χ2v) is 4.63. The number of nitrogens with zero attached hydrogens (tertiary/aromatic N) is 1. The molecule has 0 bridgehead atoms. The molecule has 0 saturated heterocycles. The molecule has 0 unspecified atom stereocenters. The first-order chi connectivity index (χ1) is 9.08. The maximum atomic E-state index is 11.4. The lowest BCUT2D eigenvalue weighted by molar-refractivity contribution is -0.120. The van der Waals surface area contributed by atoms with E-state index >= 15 is 0 Å². The number of halogens is 2. The molecule has 0 aliphatic heterocycles. The highest BCUT2D eigenvalue weighted by Crippen LogP contribution is 2.28. The molecule has 0 aliphatic rings. The van der Waals surface area contributed by atoms with Gasteiger partial charge in [-0.05, 0) is 12.5 Å². The van der Waals surface area contributed by atoms with Crippen molar-refractivity contribution < 1.29 is 4.79 Å². The topological polar surface area (TPSA) is 92.1 Å². The number of carbonyl (C=O) groups is 1. The third-order valence-corrected chi connectivity index (χ3v) is 2.86. The molecule has 8 heteroatoms. The Labute approximate surface area is 122 Å². The van der Waals surface area contributed by atoms with Crippen LogP contribution in [0.15, 0.2) is 6.07 Å². The Morgan fingerprint density at radius 2 is 2.00 bits per heavy atom. The summed E-state index contributed by atoms with van der Waals surface area (Å²) in [5, 5.41) is 6.45. The van der Waals surface area contributed by atoms with Gasteiger partial charge in [-0.15, -0.1) is 0 Å². The van der Waals surface area contributed by atoms with Crippen LogP contribution in [0, 0.1) is 0 Å². The van der Waals surface area contributed by atoms with Gasteiger partial charge >= 0.3 is 0 Å². The quantitative estimate of drug-likeness (QED) is 0.457.